The van der Waals surface area contributed by atoms with Gasteiger partial charge in [-0.25, -0.2) is 0 Å². The second-order valence-electron chi connectivity index (χ2n) is 5.81. The number of nitrogens with zero attached hydrogens (tertiary/aromatic N) is 1. The summed E-state index contributed by atoms with van der Waals surface area (Å²) in [5.41, 5.74) is 2.14. The van der Waals surface area contributed by atoms with Gasteiger partial charge >= 0.3 is 0 Å². The minimum absolute atomic E-state index is 0.475. The molecule has 4 nitrogen and oxygen atoms in total. The van der Waals surface area contributed by atoms with Gasteiger partial charge in [0.15, 0.2) is 0 Å². The molecule has 0 fully saturated rings. The molecule has 1 N–H and O–H groups in total. The number of hydrogen-bond acceptors (Lipinski definition) is 4. The van der Waals surface area contributed by atoms with E-state index >= 15 is 0 Å². The van der Waals surface area contributed by atoms with Gasteiger partial charge in [-0.15, -0.1) is 0 Å². The van der Waals surface area contributed by atoms with Crippen LogP contribution in [0.2, 0.25) is 0 Å². The lowest BCUT2D eigenvalue weighted by Crippen LogP contribution is -2.24. The Hall–Kier alpha value is -1.88. The summed E-state index contributed by atoms with van der Waals surface area (Å²) >= 11 is 0. The number of rotatable bonds is 10. The minimum Gasteiger partial charge on any atom is -0.491 e. The van der Waals surface area contributed by atoms with Crippen molar-refractivity contribution >= 4 is 0 Å². The fourth-order valence-electron chi connectivity index (χ4n) is 2.51. The number of benzene rings is 2. The topological polar surface area (TPSA) is 41.9 Å². The molecule has 0 aliphatic carbocycles. The molecule has 0 saturated heterocycles. The van der Waals surface area contributed by atoms with Crippen LogP contribution in [0, 0.1) is 0 Å². The fourth-order valence-corrected chi connectivity index (χ4v) is 2.51. The molecule has 1 atom stereocenters. The van der Waals surface area contributed by atoms with E-state index in [2.05, 4.69) is 17.0 Å². The van der Waals surface area contributed by atoms with E-state index in [1.807, 2.05) is 56.4 Å². The highest BCUT2D eigenvalue weighted by Gasteiger charge is 2.10. The first-order chi connectivity index (χ1) is 11.7. The summed E-state index contributed by atoms with van der Waals surface area (Å²) in [4.78, 5) is 2.11. The van der Waals surface area contributed by atoms with Gasteiger partial charge in [0.1, 0.15) is 12.4 Å². The normalized spacial score (nSPS) is 12.3. The van der Waals surface area contributed by atoms with Crippen LogP contribution in [-0.4, -0.2) is 43.4 Å². The summed E-state index contributed by atoms with van der Waals surface area (Å²) in [5.74, 6) is 0.852. The van der Waals surface area contributed by atoms with Crippen molar-refractivity contribution in [2.75, 3.05) is 33.4 Å². The SMILES string of the molecule is CCOCCOc1ccc(CN(C)C[C@@H](O)c2ccccc2)cc1. The van der Waals surface area contributed by atoms with Gasteiger partial charge in [0.2, 0.25) is 0 Å². The molecule has 24 heavy (non-hydrogen) atoms. The van der Waals surface area contributed by atoms with Crippen LogP contribution in [0.1, 0.15) is 24.2 Å². The van der Waals surface area contributed by atoms with Crippen molar-refractivity contribution in [3.8, 4) is 5.75 Å². The number of likely N-dealkylation sites (N-methyl/N-ethyl adjacent to an activating group) is 1. The molecule has 0 amide bonds. The van der Waals surface area contributed by atoms with Crippen LogP contribution in [0.25, 0.3) is 0 Å². The maximum Gasteiger partial charge on any atom is 0.119 e. The smallest absolute Gasteiger partial charge is 0.119 e. The van der Waals surface area contributed by atoms with Crippen LogP contribution in [0.5, 0.6) is 5.75 Å². The van der Waals surface area contributed by atoms with E-state index in [-0.39, 0.29) is 0 Å². The molecular weight excluding hydrogens is 302 g/mol. The summed E-state index contributed by atoms with van der Waals surface area (Å²) in [6.45, 7) is 5.23. The Morgan fingerprint density at radius 2 is 1.71 bits per heavy atom. The summed E-state index contributed by atoms with van der Waals surface area (Å²) in [6, 6.07) is 17.8. The highest BCUT2D eigenvalue weighted by molar-refractivity contribution is 5.27. The van der Waals surface area contributed by atoms with Crippen LogP contribution >= 0.6 is 0 Å². The van der Waals surface area contributed by atoms with Crippen molar-refractivity contribution < 1.29 is 14.6 Å². The van der Waals surface area contributed by atoms with Gasteiger partial charge in [-0.2, -0.15) is 0 Å². The molecule has 0 heterocycles. The number of hydrogen-bond donors (Lipinski definition) is 1. The third-order valence-electron chi connectivity index (χ3n) is 3.75. The molecule has 2 aromatic carbocycles. The number of aliphatic hydroxyl groups excluding tert-OH is 1. The van der Waals surface area contributed by atoms with E-state index < -0.39 is 6.10 Å². The van der Waals surface area contributed by atoms with Gasteiger partial charge in [-0.05, 0) is 37.2 Å². The standard InChI is InChI=1S/C20H27NO3/c1-3-23-13-14-24-19-11-9-17(10-12-19)15-21(2)16-20(22)18-7-5-4-6-8-18/h4-12,20,22H,3,13-16H2,1-2H3/t20-/m1/s1. The Labute approximate surface area is 144 Å². The Kier molecular flexibility index (Phi) is 7.75. The predicted molar refractivity (Wildman–Crippen MR) is 96.2 cm³/mol. The molecule has 0 bridgehead atoms. The van der Waals surface area contributed by atoms with E-state index in [1.165, 1.54) is 5.56 Å². The van der Waals surface area contributed by atoms with Crippen LogP contribution in [-0.2, 0) is 11.3 Å². The Morgan fingerprint density at radius 3 is 2.38 bits per heavy atom. The van der Waals surface area contributed by atoms with Gasteiger partial charge in [0.05, 0.1) is 12.7 Å². The average molecular weight is 329 g/mol. The average Bonchev–Trinajstić information content (AvgIpc) is 2.61. The largest absolute Gasteiger partial charge is 0.491 e. The molecule has 0 saturated carbocycles. The molecule has 0 aliphatic heterocycles. The Morgan fingerprint density at radius 1 is 1.00 bits per heavy atom. The van der Waals surface area contributed by atoms with E-state index in [9.17, 15) is 5.11 Å². The van der Waals surface area contributed by atoms with Crippen molar-refractivity contribution in [1.29, 1.82) is 0 Å². The van der Waals surface area contributed by atoms with E-state index in [0.29, 0.717) is 26.4 Å². The first kappa shape index (κ1) is 18.5. The summed E-state index contributed by atoms with van der Waals surface area (Å²) in [5, 5.41) is 10.3. The zero-order chi connectivity index (χ0) is 17.2. The summed E-state index contributed by atoms with van der Waals surface area (Å²) < 4.78 is 10.9. The fraction of sp³-hybridized carbons (Fsp3) is 0.400. The molecule has 0 spiro atoms. The number of aliphatic hydroxyl groups is 1. The van der Waals surface area contributed by atoms with Crippen LogP contribution in [0.4, 0.5) is 0 Å². The summed E-state index contributed by atoms with van der Waals surface area (Å²) in [6.07, 6.45) is -0.475. The molecule has 0 aromatic heterocycles. The van der Waals surface area contributed by atoms with Crippen LogP contribution < -0.4 is 4.74 Å². The molecule has 0 radical (unpaired) electrons. The second-order valence-corrected chi connectivity index (χ2v) is 5.81. The minimum atomic E-state index is -0.475. The van der Waals surface area contributed by atoms with Gasteiger partial charge in [0, 0.05) is 19.7 Å². The quantitative estimate of drug-likeness (QED) is 0.679. The second kappa shape index (κ2) is 10.1. The first-order valence-corrected chi connectivity index (χ1v) is 8.40. The highest BCUT2D eigenvalue weighted by atomic mass is 16.5. The van der Waals surface area contributed by atoms with Crippen LogP contribution in [0.15, 0.2) is 54.6 Å². The molecule has 2 rings (SSSR count). The zero-order valence-corrected chi connectivity index (χ0v) is 14.5. The van der Waals surface area contributed by atoms with Gasteiger partial charge in [-0.1, -0.05) is 42.5 Å². The third-order valence-corrected chi connectivity index (χ3v) is 3.75. The number of ether oxygens (including phenoxy) is 2. The monoisotopic (exact) mass is 329 g/mol. The van der Waals surface area contributed by atoms with Crippen molar-refractivity contribution in [2.24, 2.45) is 0 Å². The Bertz CT molecular complexity index is 571. The van der Waals surface area contributed by atoms with Crippen molar-refractivity contribution in [3.63, 3.8) is 0 Å². The molecule has 2 aromatic rings. The van der Waals surface area contributed by atoms with Crippen molar-refractivity contribution in [1.82, 2.24) is 4.90 Å². The van der Waals surface area contributed by atoms with E-state index in [1.54, 1.807) is 0 Å². The Balaban J connectivity index is 1.78. The van der Waals surface area contributed by atoms with E-state index in [0.717, 1.165) is 17.9 Å². The maximum atomic E-state index is 10.3. The molecule has 0 aliphatic rings. The van der Waals surface area contributed by atoms with Gasteiger partial charge < -0.3 is 14.6 Å². The molecule has 4 heteroatoms. The van der Waals surface area contributed by atoms with Crippen molar-refractivity contribution in [3.05, 3.63) is 65.7 Å². The first-order valence-electron chi connectivity index (χ1n) is 8.40. The zero-order valence-electron chi connectivity index (χ0n) is 14.5. The van der Waals surface area contributed by atoms with E-state index in [4.69, 9.17) is 9.47 Å². The van der Waals surface area contributed by atoms with Crippen molar-refractivity contribution in [2.45, 2.75) is 19.6 Å². The van der Waals surface area contributed by atoms with Crippen LogP contribution in [0.3, 0.4) is 0 Å². The molecule has 0 unspecified atom stereocenters. The lowest BCUT2D eigenvalue weighted by molar-refractivity contribution is 0.110. The maximum absolute atomic E-state index is 10.3. The highest BCUT2D eigenvalue weighted by Crippen LogP contribution is 2.16. The molecular formula is C20H27NO3. The molecule has 130 valence electrons. The predicted octanol–water partition coefficient (Wildman–Crippen LogP) is 3.27. The third kappa shape index (κ3) is 6.32. The summed E-state index contributed by atoms with van der Waals surface area (Å²) in [7, 11) is 2.01. The lowest BCUT2D eigenvalue weighted by atomic mass is 10.1. The van der Waals surface area contributed by atoms with Gasteiger partial charge in [0.25, 0.3) is 0 Å². The van der Waals surface area contributed by atoms with Gasteiger partial charge in [-0.3, -0.25) is 4.90 Å². The lowest BCUT2D eigenvalue weighted by Gasteiger charge is -2.21.